The molecule has 0 radical (unpaired) electrons. The second-order valence-electron chi connectivity index (χ2n) is 4.97. The second kappa shape index (κ2) is 10.0. The van der Waals surface area contributed by atoms with Gasteiger partial charge in [-0.05, 0) is 32.9 Å². The average molecular weight is 297 g/mol. The van der Waals surface area contributed by atoms with Gasteiger partial charge in [-0.15, -0.1) is 0 Å². The van der Waals surface area contributed by atoms with E-state index in [1.807, 2.05) is 0 Å². The lowest BCUT2D eigenvalue weighted by Crippen LogP contribution is -2.33. The fraction of sp³-hybridized carbons (Fsp3) is 0.929. The van der Waals surface area contributed by atoms with Crippen molar-refractivity contribution in [1.29, 1.82) is 0 Å². The van der Waals surface area contributed by atoms with Crippen molar-refractivity contribution in [3.05, 3.63) is 0 Å². The number of esters is 1. The summed E-state index contributed by atoms with van der Waals surface area (Å²) in [6.07, 6.45) is -2.35. The molecule has 1 unspecified atom stereocenters. The minimum atomic E-state index is -4.49. The maximum Gasteiger partial charge on any atom is 0.425 e. The van der Waals surface area contributed by atoms with Crippen LogP contribution in [-0.4, -0.2) is 42.8 Å². The molecule has 0 saturated carbocycles. The maximum absolute atomic E-state index is 12.3. The molecule has 1 atom stereocenters. The molecule has 0 fully saturated rings. The fourth-order valence-corrected chi connectivity index (χ4v) is 1.67. The van der Waals surface area contributed by atoms with Crippen LogP contribution in [0.1, 0.15) is 52.9 Å². The van der Waals surface area contributed by atoms with E-state index < -0.39 is 18.2 Å². The smallest absolute Gasteiger partial charge is 0.425 e. The van der Waals surface area contributed by atoms with E-state index >= 15 is 0 Å². The summed E-state index contributed by atoms with van der Waals surface area (Å²) in [6.45, 7) is 7.22. The van der Waals surface area contributed by atoms with Gasteiger partial charge in [-0.1, -0.05) is 26.7 Å². The largest absolute Gasteiger partial charge is 0.453 e. The van der Waals surface area contributed by atoms with Crippen LogP contribution in [0.3, 0.4) is 0 Å². The zero-order valence-electron chi connectivity index (χ0n) is 12.6. The number of rotatable bonds is 10. The third kappa shape index (κ3) is 9.18. The van der Waals surface area contributed by atoms with Crippen LogP contribution in [0.25, 0.3) is 0 Å². The lowest BCUT2D eigenvalue weighted by molar-refractivity contribution is -0.216. The van der Waals surface area contributed by atoms with Gasteiger partial charge in [0.25, 0.3) is 0 Å². The van der Waals surface area contributed by atoms with E-state index in [1.165, 1.54) is 0 Å². The highest BCUT2D eigenvalue weighted by molar-refractivity contribution is 5.69. The molecule has 0 aromatic carbocycles. The van der Waals surface area contributed by atoms with Gasteiger partial charge < -0.3 is 9.64 Å². The predicted octanol–water partition coefficient (Wildman–Crippen LogP) is 3.77. The summed E-state index contributed by atoms with van der Waals surface area (Å²) in [5.41, 5.74) is 0. The van der Waals surface area contributed by atoms with Crippen LogP contribution in [0.15, 0.2) is 0 Å². The highest BCUT2D eigenvalue weighted by Crippen LogP contribution is 2.22. The number of ether oxygens (including phenoxy) is 1. The van der Waals surface area contributed by atoms with Crippen LogP contribution < -0.4 is 0 Å². The van der Waals surface area contributed by atoms with Gasteiger partial charge in [0.05, 0.1) is 6.42 Å². The lowest BCUT2D eigenvalue weighted by atomic mass is 10.2. The van der Waals surface area contributed by atoms with E-state index in [4.69, 9.17) is 0 Å². The molecule has 0 amide bonds. The molecule has 120 valence electrons. The van der Waals surface area contributed by atoms with Gasteiger partial charge in [0.1, 0.15) is 0 Å². The van der Waals surface area contributed by atoms with Crippen LogP contribution in [0.2, 0.25) is 0 Å². The summed E-state index contributed by atoms with van der Waals surface area (Å²) in [6, 6.07) is 0. The van der Waals surface area contributed by atoms with E-state index in [9.17, 15) is 18.0 Å². The van der Waals surface area contributed by atoms with Gasteiger partial charge in [-0.3, -0.25) is 4.79 Å². The van der Waals surface area contributed by atoms with Crippen molar-refractivity contribution in [3.63, 3.8) is 0 Å². The molecule has 0 aliphatic carbocycles. The second-order valence-corrected chi connectivity index (χ2v) is 4.97. The minimum absolute atomic E-state index is 0.00779. The molecule has 0 rings (SSSR count). The Hall–Kier alpha value is -0.780. The van der Waals surface area contributed by atoms with Crippen molar-refractivity contribution < 1.29 is 22.7 Å². The first kappa shape index (κ1) is 19.2. The summed E-state index contributed by atoms with van der Waals surface area (Å²) in [5.74, 6) is -0.784. The van der Waals surface area contributed by atoms with Crippen LogP contribution in [-0.2, 0) is 9.53 Å². The lowest BCUT2D eigenvalue weighted by Gasteiger charge is -2.22. The first-order valence-electron chi connectivity index (χ1n) is 7.29. The van der Waals surface area contributed by atoms with Crippen molar-refractivity contribution in [2.75, 3.05) is 19.6 Å². The molecule has 0 N–H and O–H groups in total. The van der Waals surface area contributed by atoms with Crippen LogP contribution in [0, 0.1) is 0 Å². The standard InChI is InChI=1S/C14H26F3NO2/c1-4-6-9-18(10-7-5-2)11-8-13(19)20-12(3)14(15,16)17/h12H,4-11H2,1-3H3. The van der Waals surface area contributed by atoms with Gasteiger partial charge in [-0.2, -0.15) is 13.2 Å². The van der Waals surface area contributed by atoms with E-state index in [-0.39, 0.29) is 6.42 Å². The van der Waals surface area contributed by atoms with Gasteiger partial charge in [0, 0.05) is 6.54 Å². The SMILES string of the molecule is CCCCN(CCCC)CCC(=O)OC(C)C(F)(F)F. The van der Waals surface area contributed by atoms with Crippen molar-refractivity contribution >= 4 is 5.97 Å². The Morgan fingerprint density at radius 1 is 1.10 bits per heavy atom. The van der Waals surface area contributed by atoms with Crippen molar-refractivity contribution in [1.82, 2.24) is 4.90 Å². The summed E-state index contributed by atoms with van der Waals surface area (Å²) < 4.78 is 41.1. The van der Waals surface area contributed by atoms with Crippen molar-refractivity contribution in [3.8, 4) is 0 Å². The Bertz CT molecular complexity index is 262. The molecule has 0 aliphatic rings. The number of unbranched alkanes of at least 4 members (excludes halogenated alkanes) is 2. The third-order valence-corrected chi connectivity index (χ3v) is 3.06. The van der Waals surface area contributed by atoms with E-state index in [0.717, 1.165) is 45.7 Å². The Morgan fingerprint density at radius 3 is 2.00 bits per heavy atom. The zero-order chi connectivity index (χ0) is 15.6. The Labute approximate surface area is 119 Å². The van der Waals surface area contributed by atoms with E-state index in [0.29, 0.717) is 6.54 Å². The van der Waals surface area contributed by atoms with Crippen molar-refractivity contribution in [2.24, 2.45) is 0 Å². The Balaban J connectivity index is 4.08. The number of carbonyl (C=O) groups is 1. The van der Waals surface area contributed by atoms with Gasteiger partial charge in [-0.25, -0.2) is 0 Å². The Kier molecular flexibility index (Phi) is 9.63. The molecule has 0 aliphatic heterocycles. The molecule has 6 heteroatoms. The number of nitrogens with zero attached hydrogens (tertiary/aromatic N) is 1. The molecule has 0 aromatic heterocycles. The summed E-state index contributed by atoms with van der Waals surface area (Å²) in [5, 5.41) is 0. The van der Waals surface area contributed by atoms with Gasteiger partial charge in [0.2, 0.25) is 0 Å². The molecule has 0 spiro atoms. The normalized spacial score (nSPS) is 13.6. The number of carbonyl (C=O) groups excluding carboxylic acids is 1. The van der Waals surface area contributed by atoms with Gasteiger partial charge in [0.15, 0.2) is 6.10 Å². The number of hydrogen-bond donors (Lipinski definition) is 0. The highest BCUT2D eigenvalue weighted by atomic mass is 19.4. The predicted molar refractivity (Wildman–Crippen MR) is 72.5 cm³/mol. The number of hydrogen-bond acceptors (Lipinski definition) is 3. The molecule has 3 nitrogen and oxygen atoms in total. The zero-order valence-corrected chi connectivity index (χ0v) is 12.6. The first-order chi connectivity index (χ1) is 9.31. The summed E-state index contributed by atoms with van der Waals surface area (Å²) in [7, 11) is 0. The van der Waals surface area contributed by atoms with Crippen molar-refractivity contribution in [2.45, 2.75) is 65.2 Å². The molecule has 20 heavy (non-hydrogen) atoms. The van der Waals surface area contributed by atoms with Crippen LogP contribution in [0.4, 0.5) is 13.2 Å². The number of halogens is 3. The average Bonchev–Trinajstić information content (AvgIpc) is 2.36. The molecule has 0 aromatic rings. The first-order valence-corrected chi connectivity index (χ1v) is 7.29. The summed E-state index contributed by atoms with van der Waals surface area (Å²) >= 11 is 0. The highest BCUT2D eigenvalue weighted by Gasteiger charge is 2.39. The molecule has 0 saturated heterocycles. The quantitative estimate of drug-likeness (QED) is 0.575. The fourth-order valence-electron chi connectivity index (χ4n) is 1.67. The van der Waals surface area contributed by atoms with E-state index in [2.05, 4.69) is 23.5 Å². The topological polar surface area (TPSA) is 29.5 Å². The minimum Gasteiger partial charge on any atom is -0.453 e. The monoisotopic (exact) mass is 297 g/mol. The van der Waals surface area contributed by atoms with E-state index in [1.54, 1.807) is 0 Å². The molecule has 0 bridgehead atoms. The maximum atomic E-state index is 12.3. The van der Waals surface area contributed by atoms with Crippen LogP contribution >= 0.6 is 0 Å². The molecular weight excluding hydrogens is 271 g/mol. The molecular formula is C14H26F3NO2. The van der Waals surface area contributed by atoms with Gasteiger partial charge >= 0.3 is 12.1 Å². The van der Waals surface area contributed by atoms with Crippen LogP contribution in [0.5, 0.6) is 0 Å². The third-order valence-electron chi connectivity index (χ3n) is 3.06. The number of alkyl halides is 3. The molecule has 0 heterocycles. The Morgan fingerprint density at radius 2 is 1.60 bits per heavy atom. The summed E-state index contributed by atoms with van der Waals surface area (Å²) in [4.78, 5) is 13.5.